The van der Waals surface area contributed by atoms with Crippen LogP contribution in [0.3, 0.4) is 0 Å². The first-order valence-electron chi connectivity index (χ1n) is 11.3. The molecule has 6 heteroatoms. The molecule has 0 saturated carbocycles. The Kier molecular flexibility index (Phi) is 5.65. The number of imidazole rings is 2. The number of benzene rings is 3. The number of aryl methyl sites for hydroxylation is 1. The lowest BCUT2D eigenvalue weighted by Crippen LogP contribution is -2.10. The number of rotatable bonds is 8. The zero-order valence-corrected chi connectivity index (χ0v) is 18.6. The first-order valence-corrected chi connectivity index (χ1v) is 11.3. The smallest absolute Gasteiger partial charge is 0.323 e. The monoisotopic (exact) mass is 438 g/mol. The number of hydrogen-bond acceptors (Lipinski definition) is 3. The number of carbonyl (C=O) groups is 1. The Bertz CT molecular complexity index is 1430. The molecular formula is C27H26N4O2. The summed E-state index contributed by atoms with van der Waals surface area (Å²) in [6.07, 6.45) is 3.17. The number of aromatic nitrogens is 4. The molecule has 166 valence electrons. The van der Waals surface area contributed by atoms with Crippen molar-refractivity contribution in [2.45, 2.75) is 39.3 Å². The Labute approximate surface area is 192 Å². The van der Waals surface area contributed by atoms with Crippen LogP contribution in [0.4, 0.5) is 0 Å². The van der Waals surface area contributed by atoms with E-state index in [-0.39, 0.29) is 6.54 Å². The van der Waals surface area contributed by atoms with E-state index in [1.807, 2.05) is 48.5 Å². The Balaban J connectivity index is 1.58. The molecule has 0 radical (unpaired) electrons. The minimum Gasteiger partial charge on any atom is -0.480 e. The predicted molar refractivity (Wildman–Crippen MR) is 130 cm³/mol. The number of fused-ring (bicyclic) bond motifs is 2. The Morgan fingerprint density at radius 2 is 1.64 bits per heavy atom. The number of hydrogen-bond donors (Lipinski definition) is 1. The summed E-state index contributed by atoms with van der Waals surface area (Å²) in [5, 5.41) is 9.48. The van der Waals surface area contributed by atoms with Gasteiger partial charge < -0.3 is 14.2 Å². The lowest BCUT2D eigenvalue weighted by Gasteiger charge is -2.10. The van der Waals surface area contributed by atoms with Gasteiger partial charge in [-0.1, -0.05) is 61.9 Å². The van der Waals surface area contributed by atoms with E-state index in [4.69, 9.17) is 9.97 Å². The number of nitrogens with zero attached hydrogens (tertiary/aromatic N) is 4. The minimum absolute atomic E-state index is 0.132. The van der Waals surface area contributed by atoms with Gasteiger partial charge in [-0.3, -0.25) is 4.79 Å². The van der Waals surface area contributed by atoms with Gasteiger partial charge in [0.15, 0.2) is 0 Å². The second-order valence-corrected chi connectivity index (χ2v) is 8.31. The number of carboxylic acid groups (broad SMARTS) is 1. The third-order valence-corrected chi connectivity index (χ3v) is 5.97. The molecule has 0 bridgehead atoms. The molecule has 6 nitrogen and oxygen atoms in total. The topological polar surface area (TPSA) is 72.9 Å². The molecule has 3 aromatic carbocycles. The van der Waals surface area contributed by atoms with Gasteiger partial charge in [-0.2, -0.15) is 0 Å². The fourth-order valence-electron chi connectivity index (χ4n) is 4.39. The largest absolute Gasteiger partial charge is 0.480 e. The summed E-state index contributed by atoms with van der Waals surface area (Å²) < 4.78 is 4.06. The number of carboxylic acids is 1. The predicted octanol–water partition coefficient (Wildman–Crippen LogP) is 5.53. The van der Waals surface area contributed by atoms with Crippen molar-refractivity contribution >= 4 is 28.0 Å². The molecule has 0 amide bonds. The molecule has 0 saturated heterocycles. The van der Waals surface area contributed by atoms with Gasteiger partial charge in [0.05, 0.1) is 22.1 Å². The first kappa shape index (κ1) is 20.9. The van der Waals surface area contributed by atoms with Crippen LogP contribution >= 0.6 is 0 Å². The van der Waals surface area contributed by atoms with Gasteiger partial charge in [-0.15, -0.1) is 0 Å². The highest BCUT2D eigenvalue weighted by Gasteiger charge is 2.16. The molecule has 2 aromatic heterocycles. The summed E-state index contributed by atoms with van der Waals surface area (Å²) in [5.41, 5.74) is 5.78. The Morgan fingerprint density at radius 3 is 2.42 bits per heavy atom. The third kappa shape index (κ3) is 4.12. The van der Waals surface area contributed by atoms with Gasteiger partial charge in [0, 0.05) is 18.5 Å². The molecule has 1 N–H and O–H groups in total. The van der Waals surface area contributed by atoms with E-state index in [0.717, 1.165) is 58.3 Å². The van der Waals surface area contributed by atoms with Crippen molar-refractivity contribution in [2.75, 3.05) is 0 Å². The van der Waals surface area contributed by atoms with Crippen LogP contribution in [0.15, 0.2) is 72.8 Å². The average molecular weight is 439 g/mol. The average Bonchev–Trinajstić information content (AvgIpc) is 3.36. The van der Waals surface area contributed by atoms with Crippen LogP contribution in [0.2, 0.25) is 0 Å². The SMILES string of the molecule is CCCCc1nc2ccccc2n1Cc1ccc2c(c1)nc(-c1ccccc1)n2CC(=O)O. The molecule has 33 heavy (non-hydrogen) atoms. The third-order valence-electron chi connectivity index (χ3n) is 5.97. The molecule has 0 fully saturated rings. The van der Waals surface area contributed by atoms with E-state index in [1.54, 1.807) is 4.57 Å². The summed E-state index contributed by atoms with van der Waals surface area (Å²) in [4.78, 5) is 21.3. The molecular weight excluding hydrogens is 412 g/mol. The van der Waals surface area contributed by atoms with Crippen LogP contribution in [-0.4, -0.2) is 30.2 Å². The van der Waals surface area contributed by atoms with E-state index in [0.29, 0.717) is 12.4 Å². The van der Waals surface area contributed by atoms with Crippen molar-refractivity contribution < 1.29 is 9.90 Å². The lowest BCUT2D eigenvalue weighted by atomic mass is 10.2. The maximum absolute atomic E-state index is 11.6. The van der Waals surface area contributed by atoms with Gasteiger partial charge in [0.1, 0.15) is 18.2 Å². The molecule has 2 heterocycles. The highest BCUT2D eigenvalue weighted by molar-refractivity contribution is 5.83. The fraction of sp³-hybridized carbons (Fsp3) is 0.222. The highest BCUT2D eigenvalue weighted by Crippen LogP contribution is 2.27. The van der Waals surface area contributed by atoms with Crippen molar-refractivity contribution in [2.24, 2.45) is 0 Å². The van der Waals surface area contributed by atoms with Gasteiger partial charge in [0.2, 0.25) is 0 Å². The fourth-order valence-corrected chi connectivity index (χ4v) is 4.39. The van der Waals surface area contributed by atoms with Gasteiger partial charge >= 0.3 is 5.97 Å². The van der Waals surface area contributed by atoms with Crippen LogP contribution in [0.5, 0.6) is 0 Å². The molecule has 0 spiro atoms. The molecule has 0 aliphatic carbocycles. The van der Waals surface area contributed by atoms with E-state index in [9.17, 15) is 9.90 Å². The molecule has 0 aliphatic heterocycles. The minimum atomic E-state index is -0.888. The summed E-state index contributed by atoms with van der Waals surface area (Å²) in [6.45, 7) is 2.76. The van der Waals surface area contributed by atoms with E-state index < -0.39 is 5.97 Å². The molecule has 0 aliphatic rings. The first-order chi connectivity index (χ1) is 16.1. The van der Waals surface area contributed by atoms with Crippen molar-refractivity contribution in [3.8, 4) is 11.4 Å². The van der Waals surface area contributed by atoms with E-state index in [2.05, 4.69) is 35.8 Å². The van der Waals surface area contributed by atoms with Crippen molar-refractivity contribution in [1.82, 2.24) is 19.1 Å². The Morgan fingerprint density at radius 1 is 0.879 bits per heavy atom. The zero-order chi connectivity index (χ0) is 22.8. The molecule has 0 unspecified atom stereocenters. The Hall–Kier alpha value is -3.93. The quantitative estimate of drug-likeness (QED) is 0.346. The van der Waals surface area contributed by atoms with Gasteiger partial charge in [0.25, 0.3) is 0 Å². The van der Waals surface area contributed by atoms with Crippen LogP contribution in [0.25, 0.3) is 33.5 Å². The number of para-hydroxylation sites is 2. The maximum Gasteiger partial charge on any atom is 0.323 e. The number of aliphatic carboxylic acids is 1. The van der Waals surface area contributed by atoms with Crippen molar-refractivity contribution in [3.05, 3.63) is 84.2 Å². The molecule has 0 atom stereocenters. The van der Waals surface area contributed by atoms with Crippen LogP contribution in [-0.2, 0) is 24.3 Å². The number of unbranched alkanes of at least 4 members (excludes halogenated alkanes) is 1. The van der Waals surface area contributed by atoms with Crippen molar-refractivity contribution in [1.29, 1.82) is 0 Å². The molecule has 5 aromatic rings. The van der Waals surface area contributed by atoms with Crippen LogP contribution < -0.4 is 0 Å². The summed E-state index contributed by atoms with van der Waals surface area (Å²) in [5.74, 6) is 0.877. The van der Waals surface area contributed by atoms with E-state index >= 15 is 0 Å². The highest BCUT2D eigenvalue weighted by atomic mass is 16.4. The van der Waals surface area contributed by atoms with Gasteiger partial charge in [-0.05, 0) is 36.2 Å². The van der Waals surface area contributed by atoms with Crippen LogP contribution in [0.1, 0.15) is 31.2 Å². The maximum atomic E-state index is 11.6. The normalized spacial score (nSPS) is 11.4. The standard InChI is InChI=1S/C27H26N4O2/c1-2-3-13-25-28-21-11-7-8-12-23(21)30(25)17-19-14-15-24-22(16-19)29-27(31(24)18-26(32)33)20-9-5-4-6-10-20/h4-12,14-16H,2-3,13,17-18H2,1H3,(H,32,33). The second-order valence-electron chi connectivity index (χ2n) is 8.31. The van der Waals surface area contributed by atoms with Gasteiger partial charge in [-0.25, -0.2) is 9.97 Å². The molecule has 5 rings (SSSR count). The summed E-state index contributed by atoms with van der Waals surface area (Å²) in [6, 6.07) is 24.1. The van der Waals surface area contributed by atoms with E-state index in [1.165, 1.54) is 0 Å². The van der Waals surface area contributed by atoms with Crippen LogP contribution in [0, 0.1) is 0 Å². The summed E-state index contributed by atoms with van der Waals surface area (Å²) in [7, 11) is 0. The summed E-state index contributed by atoms with van der Waals surface area (Å²) >= 11 is 0. The lowest BCUT2D eigenvalue weighted by molar-refractivity contribution is -0.137. The second kappa shape index (κ2) is 8.90. The zero-order valence-electron chi connectivity index (χ0n) is 18.6. The van der Waals surface area contributed by atoms with Crippen molar-refractivity contribution in [3.63, 3.8) is 0 Å².